The van der Waals surface area contributed by atoms with E-state index in [-0.39, 0.29) is 24.0 Å². The van der Waals surface area contributed by atoms with Crippen LogP contribution in [0.25, 0.3) is 11.3 Å². The van der Waals surface area contributed by atoms with Crippen molar-refractivity contribution >= 4 is 15.9 Å². The smallest absolute Gasteiger partial charge is 0.238 e. The maximum absolute atomic E-state index is 13.3. The number of aromatic amines is 1. The van der Waals surface area contributed by atoms with Gasteiger partial charge in [0.15, 0.2) is 0 Å². The lowest BCUT2D eigenvalue weighted by molar-refractivity contribution is -0.133. The third-order valence-corrected chi connectivity index (χ3v) is 6.37. The summed E-state index contributed by atoms with van der Waals surface area (Å²) in [4.78, 5) is 15.0. The van der Waals surface area contributed by atoms with E-state index in [0.717, 1.165) is 22.4 Å². The largest absolute Gasteiger partial charge is 0.332 e. The highest BCUT2D eigenvalue weighted by Crippen LogP contribution is 2.33. The first-order valence-electron chi connectivity index (χ1n) is 9.71. The molecule has 0 saturated heterocycles. The zero-order chi connectivity index (χ0) is 22.2. The molecule has 1 aliphatic heterocycles. The van der Waals surface area contributed by atoms with E-state index < -0.39 is 15.9 Å². The van der Waals surface area contributed by atoms with E-state index in [1.807, 2.05) is 0 Å². The highest BCUT2D eigenvalue weighted by Gasteiger charge is 2.32. The topological polar surface area (TPSA) is 135 Å². The molecule has 2 aromatic carbocycles. The molecule has 0 radical (unpaired) electrons. The molecule has 1 atom stereocenters. The summed E-state index contributed by atoms with van der Waals surface area (Å²) < 4.78 is 36.2. The van der Waals surface area contributed by atoms with Gasteiger partial charge in [-0.2, -0.15) is 5.10 Å². The zero-order valence-corrected chi connectivity index (χ0v) is 17.4. The predicted molar refractivity (Wildman–Crippen MR) is 119 cm³/mol. The third-order valence-electron chi connectivity index (χ3n) is 5.44. The van der Waals surface area contributed by atoms with E-state index in [1.54, 1.807) is 29.2 Å². The van der Waals surface area contributed by atoms with Crippen LogP contribution in [0, 0.1) is 5.82 Å². The molecule has 8 nitrogen and oxygen atoms in total. The Morgan fingerprint density at radius 2 is 1.78 bits per heavy atom. The number of benzene rings is 2. The molecule has 3 aromatic rings. The average molecular weight is 460 g/mol. The van der Waals surface area contributed by atoms with Crippen LogP contribution < -0.4 is 10.9 Å². The molecular formula is C22H26FN5O3S. The summed E-state index contributed by atoms with van der Waals surface area (Å²) in [5.41, 5.74) is 9.53. The maximum atomic E-state index is 13.3. The maximum Gasteiger partial charge on any atom is 0.238 e. The second kappa shape index (κ2) is 9.19. The highest BCUT2D eigenvalue weighted by atomic mass is 32.2. The van der Waals surface area contributed by atoms with E-state index in [4.69, 9.17) is 10.9 Å². The molecule has 32 heavy (non-hydrogen) atoms. The third kappa shape index (κ3) is 4.57. The number of rotatable bonds is 6. The van der Waals surface area contributed by atoms with Gasteiger partial charge >= 0.3 is 0 Å². The number of amides is 1. The van der Waals surface area contributed by atoms with Crippen molar-refractivity contribution in [1.29, 1.82) is 0 Å². The summed E-state index contributed by atoms with van der Waals surface area (Å²) >= 11 is 0. The number of hydrogen-bond donors (Lipinski definition) is 3. The van der Waals surface area contributed by atoms with Crippen LogP contribution in [0.15, 0.2) is 53.4 Å². The number of nitrogens with zero attached hydrogens (tertiary/aromatic N) is 2. The van der Waals surface area contributed by atoms with E-state index in [0.29, 0.717) is 31.7 Å². The summed E-state index contributed by atoms with van der Waals surface area (Å²) in [5, 5.41) is 12.5. The van der Waals surface area contributed by atoms with Crippen LogP contribution >= 0.6 is 0 Å². The number of nitrogens with two attached hydrogens (primary N) is 2. The van der Waals surface area contributed by atoms with Crippen LogP contribution in [0.5, 0.6) is 0 Å². The van der Waals surface area contributed by atoms with Gasteiger partial charge in [-0.25, -0.2) is 17.9 Å². The fourth-order valence-corrected chi connectivity index (χ4v) is 4.37. The van der Waals surface area contributed by atoms with Crippen molar-refractivity contribution in [1.82, 2.24) is 15.1 Å². The summed E-state index contributed by atoms with van der Waals surface area (Å²) in [6.07, 6.45) is 0.453. The average Bonchev–Trinajstić information content (AvgIpc) is 3.33. The molecule has 0 bridgehead atoms. The summed E-state index contributed by atoms with van der Waals surface area (Å²) in [6.45, 7) is 1.06. The fourth-order valence-electron chi connectivity index (χ4n) is 3.85. The van der Waals surface area contributed by atoms with Gasteiger partial charge in [0.05, 0.1) is 35.3 Å². The van der Waals surface area contributed by atoms with Crippen molar-refractivity contribution in [2.75, 3.05) is 6.54 Å². The Morgan fingerprint density at radius 3 is 2.38 bits per heavy atom. The van der Waals surface area contributed by atoms with Gasteiger partial charge < -0.3 is 10.6 Å². The second-order valence-corrected chi connectivity index (χ2v) is 9.04. The van der Waals surface area contributed by atoms with E-state index in [1.165, 1.54) is 24.3 Å². The number of aromatic nitrogens is 2. The lowest BCUT2D eigenvalue weighted by Gasteiger charge is -2.23. The molecule has 0 fully saturated rings. The van der Waals surface area contributed by atoms with Gasteiger partial charge in [0, 0.05) is 11.1 Å². The summed E-state index contributed by atoms with van der Waals surface area (Å²) in [6, 6.07) is 12.0. The fraction of sp³-hybridized carbons (Fsp3) is 0.273. The SMILES string of the molecule is C.NCCC(C(=O)N1Cc2[nH]nc(-c3ccc(S(N)(=O)=O)cc3)c2C1)c1ccc(F)cc1. The minimum atomic E-state index is -3.78. The Balaban J connectivity index is 0.00000289. The standard InChI is InChI=1S/C21H22FN5O3S.CH4/c22-15-5-1-13(2-6-15)17(9-10-23)21(28)27-11-18-19(12-27)25-26-20(18)14-3-7-16(8-4-14)31(24,29)30;/h1-8,17H,9-12,23H2,(H,25,26)(H2,24,29,30);1H4. The summed E-state index contributed by atoms with van der Waals surface area (Å²) in [7, 11) is -3.78. The van der Waals surface area contributed by atoms with E-state index >= 15 is 0 Å². The molecule has 5 N–H and O–H groups in total. The quantitative estimate of drug-likeness (QED) is 0.520. The number of primary sulfonamides is 1. The number of halogens is 1. The van der Waals surface area contributed by atoms with Crippen molar-refractivity contribution in [3.05, 3.63) is 71.2 Å². The minimum absolute atomic E-state index is 0. The van der Waals surface area contributed by atoms with Gasteiger partial charge in [-0.1, -0.05) is 31.7 Å². The van der Waals surface area contributed by atoms with Gasteiger partial charge in [0.1, 0.15) is 5.82 Å². The molecule has 1 aliphatic rings. The van der Waals surface area contributed by atoms with Crippen molar-refractivity contribution in [3.8, 4) is 11.3 Å². The van der Waals surface area contributed by atoms with Crippen molar-refractivity contribution in [2.45, 2.75) is 37.8 Å². The number of sulfonamides is 1. The first kappa shape index (κ1) is 23.6. The zero-order valence-electron chi connectivity index (χ0n) is 16.6. The van der Waals surface area contributed by atoms with Crippen LogP contribution in [0.1, 0.15) is 36.6 Å². The number of carbonyl (C=O) groups is 1. The molecule has 0 aliphatic carbocycles. The number of fused-ring (bicyclic) bond motifs is 1. The lowest BCUT2D eigenvalue weighted by Crippen LogP contribution is -2.32. The first-order valence-corrected chi connectivity index (χ1v) is 11.3. The van der Waals surface area contributed by atoms with Gasteiger partial charge in [0.25, 0.3) is 0 Å². The molecule has 0 saturated carbocycles. The molecule has 2 heterocycles. The Kier molecular flexibility index (Phi) is 6.77. The van der Waals surface area contributed by atoms with Gasteiger partial charge in [-0.15, -0.1) is 0 Å². The molecule has 0 spiro atoms. The molecule has 1 aromatic heterocycles. The minimum Gasteiger partial charge on any atom is -0.332 e. The number of hydrogen-bond acceptors (Lipinski definition) is 5. The molecule has 170 valence electrons. The van der Waals surface area contributed by atoms with Gasteiger partial charge in [-0.05, 0) is 42.8 Å². The molecule has 4 rings (SSSR count). The number of H-pyrrole nitrogens is 1. The van der Waals surface area contributed by atoms with Gasteiger partial charge in [0.2, 0.25) is 15.9 Å². The summed E-state index contributed by atoms with van der Waals surface area (Å²) in [5.74, 6) is -0.903. The van der Waals surface area contributed by atoms with Crippen molar-refractivity contribution < 1.29 is 17.6 Å². The number of nitrogens with one attached hydrogen (secondary N) is 1. The normalized spacial score (nSPS) is 14.0. The van der Waals surface area contributed by atoms with E-state index in [9.17, 15) is 17.6 Å². The van der Waals surface area contributed by atoms with Crippen LogP contribution in [0.3, 0.4) is 0 Å². The Bertz CT molecular complexity index is 1210. The van der Waals surface area contributed by atoms with Crippen LogP contribution in [0.2, 0.25) is 0 Å². The Hall–Kier alpha value is -3.08. The second-order valence-electron chi connectivity index (χ2n) is 7.47. The van der Waals surface area contributed by atoms with E-state index in [2.05, 4.69) is 10.2 Å². The monoisotopic (exact) mass is 459 g/mol. The molecular weight excluding hydrogens is 433 g/mol. The molecule has 1 unspecified atom stereocenters. The lowest BCUT2D eigenvalue weighted by atomic mass is 9.94. The van der Waals surface area contributed by atoms with Crippen molar-refractivity contribution in [2.24, 2.45) is 10.9 Å². The van der Waals surface area contributed by atoms with Crippen molar-refractivity contribution in [3.63, 3.8) is 0 Å². The highest BCUT2D eigenvalue weighted by molar-refractivity contribution is 7.89. The van der Waals surface area contributed by atoms with Crippen LogP contribution in [0.4, 0.5) is 4.39 Å². The first-order chi connectivity index (χ1) is 14.8. The molecule has 1 amide bonds. The van der Waals surface area contributed by atoms with Crippen LogP contribution in [-0.4, -0.2) is 36.0 Å². The molecule has 10 heteroatoms. The Labute approximate surface area is 186 Å². The number of carbonyl (C=O) groups excluding carboxylic acids is 1. The van der Waals surface area contributed by atoms with Crippen LogP contribution in [-0.2, 0) is 27.9 Å². The Morgan fingerprint density at radius 1 is 1.12 bits per heavy atom. The predicted octanol–water partition coefficient (Wildman–Crippen LogP) is 2.47. The van der Waals surface area contributed by atoms with Gasteiger partial charge in [-0.3, -0.25) is 9.89 Å².